The Balaban J connectivity index is 1.43. The Kier molecular flexibility index (Phi) is 6.03. The standard InChI is InChI=1S/C24H33N5O2/c1-16-8-9-19(14-17(16)2)29-22-7-5-6-21(20(22)15-25-29)26-23(30)18-10-12-28(13-11-18)24(31)27(3)4/h8-9,14-15,18,21H,5-7,10-13H2,1-4H3,(H,26,30)/t21-/m0/s1. The summed E-state index contributed by atoms with van der Waals surface area (Å²) in [5.74, 6) is 0.0696. The number of hydrogen-bond acceptors (Lipinski definition) is 3. The highest BCUT2D eigenvalue weighted by Crippen LogP contribution is 2.32. The van der Waals surface area contributed by atoms with Crippen LogP contribution < -0.4 is 5.32 Å². The van der Waals surface area contributed by atoms with Crippen molar-refractivity contribution in [1.29, 1.82) is 0 Å². The zero-order valence-electron chi connectivity index (χ0n) is 19.0. The van der Waals surface area contributed by atoms with Crippen molar-refractivity contribution < 1.29 is 9.59 Å². The predicted octanol–water partition coefficient (Wildman–Crippen LogP) is 3.38. The van der Waals surface area contributed by atoms with E-state index in [1.807, 2.05) is 15.8 Å². The number of carbonyl (C=O) groups excluding carboxylic acids is 2. The Morgan fingerprint density at radius 3 is 2.52 bits per heavy atom. The van der Waals surface area contributed by atoms with Gasteiger partial charge in [-0.3, -0.25) is 4.79 Å². The van der Waals surface area contributed by atoms with Crippen LogP contribution in [0.1, 0.15) is 54.1 Å². The molecule has 0 unspecified atom stereocenters. The molecule has 1 aliphatic carbocycles. The third-order valence-electron chi connectivity index (χ3n) is 6.75. The Morgan fingerprint density at radius 2 is 1.84 bits per heavy atom. The highest BCUT2D eigenvalue weighted by atomic mass is 16.2. The largest absolute Gasteiger partial charge is 0.349 e. The molecule has 1 N–H and O–H groups in total. The fraction of sp³-hybridized carbons (Fsp3) is 0.542. The molecular formula is C24H33N5O2. The molecule has 1 aliphatic heterocycles. The van der Waals surface area contributed by atoms with Crippen LogP contribution in [0.3, 0.4) is 0 Å². The van der Waals surface area contributed by atoms with Crippen molar-refractivity contribution in [3.63, 3.8) is 0 Å². The van der Waals surface area contributed by atoms with Crippen LogP contribution in [0.5, 0.6) is 0 Å². The Hall–Kier alpha value is -2.83. The molecule has 1 aromatic carbocycles. The zero-order valence-corrected chi connectivity index (χ0v) is 19.0. The van der Waals surface area contributed by atoms with Crippen molar-refractivity contribution in [2.24, 2.45) is 5.92 Å². The van der Waals surface area contributed by atoms with E-state index < -0.39 is 0 Å². The van der Waals surface area contributed by atoms with Gasteiger partial charge in [-0.05, 0) is 69.2 Å². The van der Waals surface area contributed by atoms with Crippen LogP contribution in [0, 0.1) is 19.8 Å². The topological polar surface area (TPSA) is 70.5 Å². The quantitative estimate of drug-likeness (QED) is 0.823. The van der Waals surface area contributed by atoms with Crippen LogP contribution in [-0.2, 0) is 11.2 Å². The zero-order chi connectivity index (χ0) is 22.1. The number of rotatable bonds is 3. The average molecular weight is 424 g/mol. The Bertz CT molecular complexity index is 972. The molecule has 31 heavy (non-hydrogen) atoms. The summed E-state index contributed by atoms with van der Waals surface area (Å²) in [6.45, 7) is 5.50. The van der Waals surface area contributed by atoms with Gasteiger partial charge in [-0.2, -0.15) is 5.10 Å². The van der Waals surface area contributed by atoms with Gasteiger partial charge in [-0.15, -0.1) is 0 Å². The molecule has 4 rings (SSSR count). The van der Waals surface area contributed by atoms with Crippen LogP contribution >= 0.6 is 0 Å². The van der Waals surface area contributed by atoms with Crippen LogP contribution in [0.2, 0.25) is 0 Å². The average Bonchev–Trinajstić information content (AvgIpc) is 3.20. The summed E-state index contributed by atoms with van der Waals surface area (Å²) in [5.41, 5.74) is 5.94. The van der Waals surface area contributed by atoms with Crippen molar-refractivity contribution in [2.45, 2.75) is 52.0 Å². The smallest absolute Gasteiger partial charge is 0.319 e. The van der Waals surface area contributed by atoms with E-state index in [1.54, 1.807) is 19.0 Å². The molecule has 1 saturated heterocycles. The van der Waals surface area contributed by atoms with Gasteiger partial charge in [0.2, 0.25) is 5.91 Å². The number of piperidine rings is 1. The second-order valence-corrected chi connectivity index (χ2v) is 9.12. The molecule has 0 spiro atoms. The molecular weight excluding hydrogens is 390 g/mol. The number of fused-ring (bicyclic) bond motifs is 1. The fourth-order valence-corrected chi connectivity index (χ4v) is 4.69. The molecule has 2 aromatic rings. The fourth-order valence-electron chi connectivity index (χ4n) is 4.69. The number of aromatic nitrogens is 2. The molecule has 1 atom stereocenters. The maximum Gasteiger partial charge on any atom is 0.319 e. The molecule has 0 saturated carbocycles. The third-order valence-corrected chi connectivity index (χ3v) is 6.75. The minimum Gasteiger partial charge on any atom is -0.349 e. The number of urea groups is 1. The van der Waals surface area contributed by atoms with Gasteiger partial charge in [0, 0.05) is 44.4 Å². The summed E-state index contributed by atoms with van der Waals surface area (Å²) in [6.07, 6.45) is 6.30. The van der Waals surface area contributed by atoms with Crippen LogP contribution in [-0.4, -0.2) is 58.7 Å². The van der Waals surface area contributed by atoms with E-state index >= 15 is 0 Å². The summed E-state index contributed by atoms with van der Waals surface area (Å²) >= 11 is 0. The summed E-state index contributed by atoms with van der Waals surface area (Å²) < 4.78 is 2.03. The molecule has 1 aromatic heterocycles. The number of nitrogens with one attached hydrogen (secondary N) is 1. The highest BCUT2D eigenvalue weighted by molar-refractivity contribution is 5.80. The molecule has 3 amide bonds. The normalized spacial score (nSPS) is 19.1. The number of carbonyl (C=O) groups is 2. The summed E-state index contributed by atoms with van der Waals surface area (Å²) in [5, 5.41) is 7.96. The van der Waals surface area contributed by atoms with E-state index in [9.17, 15) is 9.59 Å². The minimum absolute atomic E-state index is 0.0120. The number of hydrogen-bond donors (Lipinski definition) is 1. The number of likely N-dealkylation sites (tertiary alicyclic amines) is 1. The minimum atomic E-state index is -0.0358. The number of amides is 3. The first-order chi connectivity index (χ1) is 14.8. The number of nitrogens with zero attached hydrogens (tertiary/aromatic N) is 4. The highest BCUT2D eigenvalue weighted by Gasteiger charge is 2.31. The lowest BCUT2D eigenvalue weighted by Gasteiger charge is -2.34. The number of aryl methyl sites for hydroxylation is 2. The molecule has 7 nitrogen and oxygen atoms in total. The maximum absolute atomic E-state index is 13.0. The Morgan fingerprint density at radius 1 is 1.10 bits per heavy atom. The van der Waals surface area contributed by atoms with Crippen LogP contribution in [0.4, 0.5) is 4.79 Å². The Labute approximate surface area is 184 Å². The van der Waals surface area contributed by atoms with Gasteiger partial charge in [0.05, 0.1) is 17.9 Å². The van der Waals surface area contributed by atoms with Crippen molar-refractivity contribution in [3.8, 4) is 5.69 Å². The van der Waals surface area contributed by atoms with Crippen molar-refractivity contribution in [1.82, 2.24) is 24.9 Å². The van der Waals surface area contributed by atoms with Crippen molar-refractivity contribution >= 4 is 11.9 Å². The molecule has 0 bridgehead atoms. The summed E-state index contributed by atoms with van der Waals surface area (Å²) in [7, 11) is 3.53. The van der Waals surface area contributed by atoms with Crippen molar-refractivity contribution in [2.75, 3.05) is 27.2 Å². The van der Waals surface area contributed by atoms with Gasteiger partial charge >= 0.3 is 6.03 Å². The summed E-state index contributed by atoms with van der Waals surface area (Å²) in [4.78, 5) is 28.5. The van der Waals surface area contributed by atoms with Gasteiger partial charge in [-0.1, -0.05) is 6.07 Å². The summed E-state index contributed by atoms with van der Waals surface area (Å²) in [6, 6.07) is 6.45. The maximum atomic E-state index is 13.0. The van der Waals surface area contributed by atoms with E-state index in [4.69, 9.17) is 0 Å². The van der Waals surface area contributed by atoms with Gasteiger partial charge in [0.25, 0.3) is 0 Å². The van der Waals surface area contributed by atoms with E-state index in [2.05, 4.69) is 42.5 Å². The number of benzene rings is 1. The van der Waals surface area contributed by atoms with E-state index in [0.717, 1.165) is 30.5 Å². The van der Waals surface area contributed by atoms with E-state index in [1.165, 1.54) is 16.8 Å². The van der Waals surface area contributed by atoms with Gasteiger partial charge in [-0.25, -0.2) is 9.48 Å². The molecule has 2 aliphatic rings. The van der Waals surface area contributed by atoms with Gasteiger partial charge in [0.15, 0.2) is 0 Å². The van der Waals surface area contributed by atoms with E-state index in [0.29, 0.717) is 25.9 Å². The molecule has 7 heteroatoms. The van der Waals surface area contributed by atoms with Crippen LogP contribution in [0.25, 0.3) is 5.69 Å². The SMILES string of the molecule is Cc1ccc(-n2ncc3c2CCC[C@@H]3NC(=O)C2CCN(C(=O)N(C)C)CC2)cc1C. The lowest BCUT2D eigenvalue weighted by molar-refractivity contribution is -0.127. The first-order valence-electron chi connectivity index (χ1n) is 11.3. The molecule has 166 valence electrons. The van der Waals surface area contributed by atoms with Gasteiger partial charge < -0.3 is 15.1 Å². The second kappa shape index (κ2) is 8.73. The van der Waals surface area contributed by atoms with E-state index in [-0.39, 0.29) is 23.9 Å². The predicted molar refractivity (Wildman–Crippen MR) is 120 cm³/mol. The monoisotopic (exact) mass is 423 g/mol. The molecule has 0 radical (unpaired) electrons. The first-order valence-corrected chi connectivity index (χ1v) is 11.3. The lowest BCUT2D eigenvalue weighted by Crippen LogP contribution is -2.47. The lowest BCUT2D eigenvalue weighted by atomic mass is 9.90. The van der Waals surface area contributed by atoms with Crippen LogP contribution in [0.15, 0.2) is 24.4 Å². The molecule has 2 heterocycles. The first kappa shape index (κ1) is 21.4. The third kappa shape index (κ3) is 4.31. The second-order valence-electron chi connectivity index (χ2n) is 9.12. The molecule has 1 fully saturated rings. The van der Waals surface area contributed by atoms with Crippen molar-refractivity contribution in [3.05, 3.63) is 46.8 Å². The van der Waals surface area contributed by atoms with Gasteiger partial charge in [0.1, 0.15) is 0 Å².